The molecule has 1 aliphatic heterocycles. The maximum absolute atomic E-state index is 13.0. The summed E-state index contributed by atoms with van der Waals surface area (Å²) in [4.78, 5) is 15.1. The molecule has 3 rings (SSSR count). The molecule has 0 aliphatic carbocycles. The van der Waals surface area contributed by atoms with Gasteiger partial charge in [0.25, 0.3) is 0 Å². The number of sulfonamides is 1. The summed E-state index contributed by atoms with van der Waals surface area (Å²) >= 11 is 0. The van der Waals surface area contributed by atoms with Crippen LogP contribution in [0.15, 0.2) is 53.4 Å². The number of hydrogen-bond donors (Lipinski definition) is 1. The Morgan fingerprint density at radius 3 is 2.45 bits per heavy atom. The molecule has 7 heteroatoms. The quantitative estimate of drug-likeness (QED) is 0.759. The maximum Gasteiger partial charge on any atom is 0.328 e. The number of esters is 1. The first-order valence-electron chi connectivity index (χ1n) is 9.56. The van der Waals surface area contributed by atoms with Crippen LogP contribution in [0.2, 0.25) is 0 Å². The molecule has 2 aromatic rings. The normalized spacial score (nSPS) is 17.6. The molecule has 0 amide bonds. The molecule has 0 saturated carbocycles. The number of hydrogen-bond acceptors (Lipinski definition) is 5. The van der Waals surface area contributed by atoms with Crippen LogP contribution in [-0.4, -0.2) is 31.4 Å². The van der Waals surface area contributed by atoms with E-state index >= 15 is 0 Å². The highest BCUT2D eigenvalue weighted by molar-refractivity contribution is 7.89. The summed E-state index contributed by atoms with van der Waals surface area (Å²) in [6.45, 7) is 8.27. The van der Waals surface area contributed by atoms with Gasteiger partial charge < -0.3 is 4.74 Å². The number of primary sulfonamides is 1. The van der Waals surface area contributed by atoms with E-state index < -0.39 is 21.7 Å². The van der Waals surface area contributed by atoms with Gasteiger partial charge in [-0.25, -0.2) is 18.4 Å². The number of benzene rings is 2. The lowest BCUT2D eigenvalue weighted by Crippen LogP contribution is -2.41. The summed E-state index contributed by atoms with van der Waals surface area (Å²) in [5.74, 6) is -0.273. The average Bonchev–Trinajstić information content (AvgIpc) is 2.64. The maximum atomic E-state index is 13.0. The van der Waals surface area contributed by atoms with Crippen LogP contribution in [0.4, 0.5) is 0 Å². The first-order chi connectivity index (χ1) is 13.5. The number of rotatable bonds is 5. The van der Waals surface area contributed by atoms with E-state index in [-0.39, 0.29) is 10.9 Å². The van der Waals surface area contributed by atoms with Crippen molar-refractivity contribution in [1.82, 2.24) is 4.90 Å². The summed E-state index contributed by atoms with van der Waals surface area (Å²) in [6.07, 6.45) is 1.41. The van der Waals surface area contributed by atoms with Gasteiger partial charge in [0.15, 0.2) is 0 Å². The molecule has 1 radical (unpaired) electrons. The van der Waals surface area contributed by atoms with E-state index in [9.17, 15) is 13.2 Å². The van der Waals surface area contributed by atoms with Crippen molar-refractivity contribution in [3.05, 3.63) is 71.8 Å². The number of ether oxygens (including phenoxy) is 1. The second-order valence-corrected chi connectivity index (χ2v) is 9.76. The fourth-order valence-electron chi connectivity index (χ4n) is 3.44. The number of nitrogens with two attached hydrogens (primary N) is 1. The van der Waals surface area contributed by atoms with Crippen LogP contribution in [0.1, 0.15) is 43.5 Å². The van der Waals surface area contributed by atoms with E-state index in [2.05, 4.69) is 6.07 Å². The molecule has 2 aromatic carbocycles. The molecule has 6 nitrogen and oxygen atoms in total. The van der Waals surface area contributed by atoms with Gasteiger partial charge in [0.05, 0.1) is 4.90 Å². The molecule has 1 heterocycles. The van der Waals surface area contributed by atoms with Crippen molar-refractivity contribution in [2.45, 2.75) is 50.2 Å². The molecule has 0 bridgehead atoms. The highest BCUT2D eigenvalue weighted by Gasteiger charge is 2.35. The Morgan fingerprint density at radius 2 is 1.83 bits per heavy atom. The van der Waals surface area contributed by atoms with Crippen molar-refractivity contribution in [3.8, 4) is 0 Å². The average molecular weight is 416 g/mol. The summed E-state index contributed by atoms with van der Waals surface area (Å²) in [5, 5.41) is 5.15. The van der Waals surface area contributed by atoms with Crippen molar-refractivity contribution >= 4 is 16.0 Å². The highest BCUT2D eigenvalue weighted by Crippen LogP contribution is 2.33. The van der Waals surface area contributed by atoms with Gasteiger partial charge in [0.1, 0.15) is 11.6 Å². The highest BCUT2D eigenvalue weighted by atomic mass is 32.2. The fraction of sp³-hybridized carbons (Fsp3) is 0.364. The van der Waals surface area contributed by atoms with Gasteiger partial charge in [-0.1, -0.05) is 36.4 Å². The monoisotopic (exact) mass is 415 g/mol. The van der Waals surface area contributed by atoms with Crippen LogP contribution in [-0.2, 0) is 32.4 Å². The van der Waals surface area contributed by atoms with E-state index in [4.69, 9.17) is 9.88 Å². The largest absolute Gasteiger partial charge is 0.459 e. The molecule has 1 unspecified atom stereocenters. The third-order valence-electron chi connectivity index (χ3n) is 4.76. The molecule has 0 fully saturated rings. The summed E-state index contributed by atoms with van der Waals surface area (Å²) in [5.41, 5.74) is 2.48. The lowest BCUT2D eigenvalue weighted by Gasteiger charge is -2.37. The SMILES string of the molecule is CC(C)(C)OC(=O)C1c2ccccc2CCN1[CH]Cc1ccc(S(N)(=O)=O)cc1. The molecule has 0 spiro atoms. The predicted molar refractivity (Wildman–Crippen MR) is 111 cm³/mol. The Balaban J connectivity index is 1.79. The molecule has 155 valence electrons. The molecule has 1 aliphatic rings. The zero-order valence-electron chi connectivity index (χ0n) is 17.0. The van der Waals surface area contributed by atoms with Crippen LogP contribution < -0.4 is 5.14 Å². The predicted octanol–water partition coefficient (Wildman–Crippen LogP) is 2.98. The zero-order chi connectivity index (χ0) is 21.2. The second-order valence-electron chi connectivity index (χ2n) is 8.20. The van der Waals surface area contributed by atoms with E-state index in [0.29, 0.717) is 13.0 Å². The number of nitrogens with zero attached hydrogens (tertiary/aromatic N) is 1. The molecule has 0 aromatic heterocycles. The van der Waals surface area contributed by atoms with E-state index in [1.807, 2.05) is 50.4 Å². The minimum Gasteiger partial charge on any atom is -0.459 e. The minimum atomic E-state index is -3.71. The van der Waals surface area contributed by atoms with E-state index in [0.717, 1.165) is 23.1 Å². The first kappa shape index (κ1) is 21.5. The van der Waals surface area contributed by atoms with Gasteiger partial charge in [-0.05, 0) is 62.4 Å². The molecular weight excluding hydrogens is 388 g/mol. The summed E-state index contributed by atoms with van der Waals surface area (Å²) < 4.78 is 28.5. The van der Waals surface area contributed by atoms with Gasteiger partial charge in [-0.2, -0.15) is 0 Å². The van der Waals surface area contributed by atoms with Gasteiger partial charge in [-0.15, -0.1) is 0 Å². The Morgan fingerprint density at radius 1 is 1.17 bits per heavy atom. The second kappa shape index (κ2) is 8.26. The van der Waals surface area contributed by atoms with Crippen molar-refractivity contribution < 1.29 is 17.9 Å². The zero-order valence-corrected chi connectivity index (χ0v) is 17.8. The van der Waals surface area contributed by atoms with Crippen molar-refractivity contribution in [3.63, 3.8) is 0 Å². The third kappa shape index (κ3) is 5.44. The topological polar surface area (TPSA) is 89.7 Å². The van der Waals surface area contributed by atoms with Crippen LogP contribution in [0.5, 0.6) is 0 Å². The molecule has 0 saturated heterocycles. The van der Waals surface area contributed by atoms with Gasteiger partial charge in [-0.3, -0.25) is 4.90 Å². The number of carbonyl (C=O) groups is 1. The van der Waals surface area contributed by atoms with Crippen molar-refractivity contribution in [1.29, 1.82) is 0 Å². The van der Waals surface area contributed by atoms with Gasteiger partial charge >= 0.3 is 5.97 Å². The van der Waals surface area contributed by atoms with Crippen LogP contribution in [0, 0.1) is 6.54 Å². The summed E-state index contributed by atoms with van der Waals surface area (Å²) in [6, 6.07) is 13.9. The summed E-state index contributed by atoms with van der Waals surface area (Å²) in [7, 11) is -3.71. The molecular formula is C22H27N2O4S. The van der Waals surface area contributed by atoms with Crippen LogP contribution >= 0.6 is 0 Å². The Kier molecular flexibility index (Phi) is 6.12. The van der Waals surface area contributed by atoms with Crippen LogP contribution in [0.25, 0.3) is 0 Å². The Hall–Kier alpha value is -2.22. The number of fused-ring (bicyclic) bond motifs is 1. The van der Waals surface area contributed by atoms with Gasteiger partial charge in [0.2, 0.25) is 10.0 Å². The standard InChI is InChI=1S/C22H27N2O4S/c1-22(2,3)28-21(25)20-19-7-5-4-6-17(19)13-15-24(20)14-12-16-8-10-18(11-9-16)29(23,26)27/h4-11,14,20H,12-13,15H2,1-3H3,(H2,23,26,27). The molecule has 29 heavy (non-hydrogen) atoms. The molecule has 1 atom stereocenters. The minimum absolute atomic E-state index is 0.0831. The van der Waals surface area contributed by atoms with Gasteiger partial charge in [0, 0.05) is 13.1 Å². The Bertz CT molecular complexity index is 979. The van der Waals surface area contributed by atoms with E-state index in [1.165, 1.54) is 12.1 Å². The smallest absolute Gasteiger partial charge is 0.328 e. The van der Waals surface area contributed by atoms with Crippen molar-refractivity contribution in [2.24, 2.45) is 5.14 Å². The first-order valence-corrected chi connectivity index (χ1v) is 11.1. The molecule has 2 N–H and O–H groups in total. The fourth-order valence-corrected chi connectivity index (χ4v) is 3.96. The van der Waals surface area contributed by atoms with Crippen molar-refractivity contribution in [2.75, 3.05) is 6.54 Å². The van der Waals surface area contributed by atoms with E-state index in [1.54, 1.807) is 12.1 Å². The third-order valence-corrected chi connectivity index (χ3v) is 5.69. The van der Waals surface area contributed by atoms with Crippen LogP contribution in [0.3, 0.4) is 0 Å². The Labute approximate surface area is 172 Å². The lowest BCUT2D eigenvalue weighted by atomic mass is 9.92. The lowest BCUT2D eigenvalue weighted by molar-refractivity contribution is -0.161. The number of carbonyl (C=O) groups excluding carboxylic acids is 1.